The van der Waals surface area contributed by atoms with Crippen molar-refractivity contribution in [3.05, 3.63) is 41.5 Å². The number of hydrogen-bond donors (Lipinski definition) is 3. The number of halogens is 5. The predicted molar refractivity (Wildman–Crippen MR) is 158 cm³/mol. The second-order valence-corrected chi connectivity index (χ2v) is 14.4. The number of benzene rings is 1. The number of phenolic OH excluding ortho intramolecular Hbond substituents is 1. The summed E-state index contributed by atoms with van der Waals surface area (Å²) in [5.41, 5.74) is 2.83. The second-order valence-electron chi connectivity index (χ2n) is 13.1. The summed E-state index contributed by atoms with van der Waals surface area (Å²) in [5.74, 6) is -2.40. The Bertz CT molecular complexity index is 1060. The van der Waals surface area contributed by atoms with Crippen molar-refractivity contribution in [2.45, 2.75) is 121 Å². The van der Waals surface area contributed by atoms with Crippen LogP contribution in [0.2, 0.25) is 0 Å². The van der Waals surface area contributed by atoms with E-state index in [1.54, 1.807) is 12.1 Å². The van der Waals surface area contributed by atoms with E-state index in [0.717, 1.165) is 86.7 Å². The Morgan fingerprint density at radius 3 is 2.26 bits per heavy atom. The standard InChI is InChI=1S/C33H47F5O3S/c1-21-28(40)20-27-29-24(14-16-31(21,27)2)23-13-12-22(39)19-26(23)30(41)25(29)11-8-6-4-3-5-7-9-17-42-18-10-15-32(34,35)33(36,37)38/h12-13,19,24-25,27-30,39-41H,1,3-11,14-18,20H2,2H3/t24?,25-,27?,28+,29?,30-,31+/m0/s1. The lowest BCUT2D eigenvalue weighted by Crippen LogP contribution is -2.45. The number of aliphatic hydroxyl groups excluding tert-OH is 2. The number of unbranched alkanes of at least 4 members (excludes halogenated alkanes) is 6. The Hall–Kier alpha value is -1.32. The van der Waals surface area contributed by atoms with E-state index in [0.29, 0.717) is 18.1 Å². The van der Waals surface area contributed by atoms with E-state index in [4.69, 9.17) is 0 Å². The fraction of sp³-hybridized carbons (Fsp3) is 0.758. The van der Waals surface area contributed by atoms with Crippen molar-refractivity contribution >= 4 is 11.8 Å². The SMILES string of the molecule is C=C1[C@H](O)CC2C3C(CC[C@]12C)c1ccc(O)cc1[C@@H](O)[C@H]3CCCCCCCCCSCCCC(F)(F)C(F)(F)F. The zero-order valence-electron chi connectivity index (χ0n) is 24.6. The Labute approximate surface area is 251 Å². The van der Waals surface area contributed by atoms with E-state index >= 15 is 0 Å². The van der Waals surface area contributed by atoms with Crippen molar-refractivity contribution in [3.63, 3.8) is 0 Å². The molecule has 0 heterocycles. The van der Waals surface area contributed by atoms with Crippen LogP contribution in [0.15, 0.2) is 30.4 Å². The van der Waals surface area contributed by atoms with E-state index in [1.165, 1.54) is 11.8 Å². The average Bonchev–Trinajstić information content (AvgIpc) is 3.16. The summed E-state index contributed by atoms with van der Waals surface area (Å²) in [7, 11) is 0. The third-order valence-corrected chi connectivity index (χ3v) is 11.7. The number of fused-ring (bicyclic) bond motifs is 5. The molecule has 1 aromatic carbocycles. The second kappa shape index (κ2) is 13.8. The van der Waals surface area contributed by atoms with Gasteiger partial charge in [-0.1, -0.05) is 58.1 Å². The monoisotopic (exact) mass is 618 g/mol. The molecule has 9 heteroatoms. The summed E-state index contributed by atoms with van der Waals surface area (Å²) in [6, 6.07) is 5.43. The molecule has 0 amide bonds. The average molecular weight is 619 g/mol. The van der Waals surface area contributed by atoms with Crippen LogP contribution >= 0.6 is 11.8 Å². The quantitative estimate of drug-likeness (QED) is 0.110. The number of alkyl halides is 5. The van der Waals surface area contributed by atoms with Crippen LogP contribution in [0.3, 0.4) is 0 Å². The van der Waals surface area contributed by atoms with Gasteiger partial charge >= 0.3 is 12.1 Å². The first kappa shape index (κ1) is 33.6. The summed E-state index contributed by atoms with van der Waals surface area (Å²) in [6.07, 6.45) is 2.95. The largest absolute Gasteiger partial charge is 0.508 e. The van der Waals surface area contributed by atoms with Crippen molar-refractivity contribution in [2.24, 2.45) is 23.2 Å². The Morgan fingerprint density at radius 2 is 1.57 bits per heavy atom. The van der Waals surface area contributed by atoms with Gasteiger partial charge in [-0.2, -0.15) is 33.7 Å². The molecular weight excluding hydrogens is 571 g/mol. The van der Waals surface area contributed by atoms with Gasteiger partial charge in [-0.25, -0.2) is 0 Å². The molecule has 3 aliphatic rings. The lowest BCUT2D eigenvalue weighted by molar-refractivity contribution is -0.284. The topological polar surface area (TPSA) is 60.7 Å². The fourth-order valence-electron chi connectivity index (χ4n) is 8.13. The van der Waals surface area contributed by atoms with E-state index < -0.39 is 30.7 Å². The molecule has 0 bridgehead atoms. The molecule has 0 saturated heterocycles. The van der Waals surface area contributed by atoms with Crippen molar-refractivity contribution in [3.8, 4) is 5.75 Å². The van der Waals surface area contributed by atoms with Crippen LogP contribution in [-0.4, -0.2) is 45.0 Å². The van der Waals surface area contributed by atoms with E-state index in [-0.39, 0.29) is 35.3 Å². The maximum Gasteiger partial charge on any atom is 0.453 e. The van der Waals surface area contributed by atoms with Crippen LogP contribution in [0.25, 0.3) is 0 Å². The van der Waals surface area contributed by atoms with Crippen molar-refractivity contribution < 1.29 is 37.3 Å². The number of hydrogen-bond acceptors (Lipinski definition) is 4. The van der Waals surface area contributed by atoms with Gasteiger partial charge in [-0.05, 0) is 108 Å². The Kier molecular flexibility index (Phi) is 11.0. The number of rotatable bonds is 14. The van der Waals surface area contributed by atoms with Gasteiger partial charge in [0.25, 0.3) is 0 Å². The van der Waals surface area contributed by atoms with Gasteiger partial charge in [0.2, 0.25) is 0 Å². The van der Waals surface area contributed by atoms with Crippen molar-refractivity contribution in [2.75, 3.05) is 11.5 Å². The van der Waals surface area contributed by atoms with Gasteiger partial charge in [-0.15, -0.1) is 0 Å². The molecule has 3 unspecified atom stereocenters. The summed E-state index contributed by atoms with van der Waals surface area (Å²) >= 11 is 1.44. The molecular formula is C33H47F5O3S. The molecule has 7 atom stereocenters. The molecule has 2 fully saturated rings. The summed E-state index contributed by atoms with van der Waals surface area (Å²) in [5, 5.41) is 32.5. The summed E-state index contributed by atoms with van der Waals surface area (Å²) in [4.78, 5) is 0. The van der Waals surface area contributed by atoms with Crippen LogP contribution in [0.5, 0.6) is 5.75 Å². The molecule has 3 N–H and O–H groups in total. The molecule has 42 heavy (non-hydrogen) atoms. The van der Waals surface area contributed by atoms with Crippen molar-refractivity contribution in [1.82, 2.24) is 0 Å². The molecule has 0 spiro atoms. The minimum atomic E-state index is -5.46. The molecule has 1 aromatic rings. The van der Waals surface area contributed by atoms with Crippen LogP contribution in [0.1, 0.15) is 114 Å². The van der Waals surface area contributed by atoms with Gasteiger partial charge in [0.15, 0.2) is 0 Å². The molecule has 238 valence electrons. The zero-order chi connectivity index (χ0) is 30.7. The van der Waals surface area contributed by atoms with Gasteiger partial charge in [0.05, 0.1) is 12.2 Å². The third-order valence-electron chi connectivity index (χ3n) is 10.5. The molecule has 0 radical (unpaired) electrons. The molecule has 0 aromatic heterocycles. The van der Waals surface area contributed by atoms with E-state index in [2.05, 4.69) is 13.5 Å². The molecule has 0 aliphatic heterocycles. The first-order chi connectivity index (χ1) is 19.8. The number of phenols is 1. The lowest BCUT2D eigenvalue weighted by atomic mass is 9.51. The van der Waals surface area contributed by atoms with E-state index in [9.17, 15) is 37.3 Å². The lowest BCUT2D eigenvalue weighted by Gasteiger charge is -2.53. The van der Waals surface area contributed by atoms with Gasteiger partial charge < -0.3 is 15.3 Å². The Balaban J connectivity index is 1.19. The van der Waals surface area contributed by atoms with Crippen molar-refractivity contribution in [1.29, 1.82) is 0 Å². The highest BCUT2D eigenvalue weighted by Gasteiger charge is 2.58. The van der Waals surface area contributed by atoms with E-state index in [1.807, 2.05) is 6.07 Å². The molecule has 3 nitrogen and oxygen atoms in total. The predicted octanol–water partition coefficient (Wildman–Crippen LogP) is 9.32. The number of aromatic hydroxyl groups is 1. The Morgan fingerprint density at radius 1 is 0.929 bits per heavy atom. The van der Waals surface area contributed by atoms with Crippen LogP contribution < -0.4 is 0 Å². The maximum absolute atomic E-state index is 12.9. The van der Waals surface area contributed by atoms with Crippen LogP contribution in [0, 0.1) is 23.2 Å². The van der Waals surface area contributed by atoms with Gasteiger partial charge in [0, 0.05) is 6.42 Å². The third kappa shape index (κ3) is 7.14. The first-order valence-electron chi connectivity index (χ1n) is 15.7. The highest BCUT2D eigenvalue weighted by Crippen LogP contribution is 2.65. The smallest absolute Gasteiger partial charge is 0.453 e. The zero-order valence-corrected chi connectivity index (χ0v) is 25.5. The van der Waals surface area contributed by atoms with Crippen LogP contribution in [0.4, 0.5) is 22.0 Å². The van der Waals surface area contributed by atoms with Gasteiger partial charge in [0.1, 0.15) is 5.75 Å². The molecule has 2 saturated carbocycles. The van der Waals surface area contributed by atoms with Crippen LogP contribution in [-0.2, 0) is 0 Å². The maximum atomic E-state index is 12.9. The minimum Gasteiger partial charge on any atom is -0.508 e. The summed E-state index contributed by atoms with van der Waals surface area (Å²) < 4.78 is 62.5. The minimum absolute atomic E-state index is 0.0696. The highest BCUT2D eigenvalue weighted by molar-refractivity contribution is 7.99. The first-order valence-corrected chi connectivity index (χ1v) is 16.8. The number of aliphatic hydroxyl groups is 2. The number of thioether (sulfide) groups is 1. The fourth-order valence-corrected chi connectivity index (χ4v) is 9.09. The molecule has 3 aliphatic carbocycles. The highest BCUT2D eigenvalue weighted by atomic mass is 32.2. The molecule has 4 rings (SSSR count). The van der Waals surface area contributed by atoms with Gasteiger partial charge in [-0.3, -0.25) is 0 Å². The summed E-state index contributed by atoms with van der Waals surface area (Å²) in [6.45, 7) is 6.51. The normalized spacial score (nSPS) is 31.1.